The second-order valence-electron chi connectivity index (χ2n) is 9.69. The molecule has 2 aromatic heterocycles. The maximum Gasteiger partial charge on any atom is 0.317 e. The molecule has 39 heavy (non-hydrogen) atoms. The maximum atomic E-state index is 13.6. The van der Waals surface area contributed by atoms with Crippen LogP contribution in [0.25, 0.3) is 22.2 Å². The van der Waals surface area contributed by atoms with Crippen molar-refractivity contribution in [2.75, 3.05) is 46.7 Å². The summed E-state index contributed by atoms with van der Waals surface area (Å²) in [6.45, 7) is 4.42. The highest BCUT2D eigenvalue weighted by Crippen LogP contribution is 2.37. The fraction of sp³-hybridized carbons (Fsp3) is 0.276. The molecule has 2 heterocycles. The lowest BCUT2D eigenvalue weighted by Gasteiger charge is -2.40. The van der Waals surface area contributed by atoms with Crippen LogP contribution < -0.4 is 19.4 Å². The van der Waals surface area contributed by atoms with E-state index in [1.807, 2.05) is 50.4 Å². The molecule has 0 aliphatic heterocycles. The standard InChI is InChI=1S/C29H34N6O4/c1-7-28(36)31-24-16-20(27(38-6)17-26(24)35(5,37)15-14-33(2)3)19-39-29-30-13-12-23(32-29)22-18-34(4)25-11-9-8-10-21(22)25/h7-13,16-18H,1,14-15,19H2,2-6H3,(H,31,36). The van der Waals surface area contributed by atoms with Crippen LogP contribution in [0.2, 0.25) is 0 Å². The smallest absolute Gasteiger partial charge is 0.317 e. The molecule has 0 aliphatic rings. The molecule has 0 radical (unpaired) electrons. The van der Waals surface area contributed by atoms with Gasteiger partial charge in [0.2, 0.25) is 5.91 Å². The number of amides is 1. The van der Waals surface area contributed by atoms with Crippen LogP contribution in [-0.4, -0.2) is 66.7 Å². The lowest BCUT2D eigenvalue weighted by atomic mass is 10.1. The summed E-state index contributed by atoms with van der Waals surface area (Å²) in [4.78, 5) is 23.1. The molecular formula is C29H34N6O4. The van der Waals surface area contributed by atoms with Crippen molar-refractivity contribution in [3.63, 3.8) is 0 Å². The van der Waals surface area contributed by atoms with Gasteiger partial charge in [0.15, 0.2) is 5.69 Å². The summed E-state index contributed by atoms with van der Waals surface area (Å²) in [6, 6.07) is 13.5. The number of nitrogens with one attached hydrogen (secondary N) is 1. The van der Waals surface area contributed by atoms with E-state index in [-0.39, 0.29) is 19.2 Å². The van der Waals surface area contributed by atoms with Crippen molar-refractivity contribution in [3.05, 3.63) is 78.3 Å². The van der Waals surface area contributed by atoms with Gasteiger partial charge in [-0.2, -0.15) is 4.98 Å². The molecule has 0 fully saturated rings. The fourth-order valence-electron chi connectivity index (χ4n) is 4.35. The minimum atomic E-state index is -0.710. The molecule has 1 N–H and O–H groups in total. The zero-order valence-corrected chi connectivity index (χ0v) is 23.0. The number of likely N-dealkylation sites (N-methyl/N-ethyl adjacent to an activating group) is 2. The molecule has 2 aromatic carbocycles. The number of hydroxylamine groups is 2. The molecule has 4 rings (SSSR count). The molecule has 1 unspecified atom stereocenters. The van der Waals surface area contributed by atoms with E-state index in [0.717, 1.165) is 28.2 Å². The molecule has 1 amide bonds. The van der Waals surface area contributed by atoms with Crippen LogP contribution in [0.5, 0.6) is 11.8 Å². The Morgan fingerprint density at radius 2 is 2.03 bits per heavy atom. The van der Waals surface area contributed by atoms with E-state index in [1.165, 1.54) is 7.11 Å². The van der Waals surface area contributed by atoms with Gasteiger partial charge in [0.25, 0.3) is 0 Å². The molecule has 0 bridgehead atoms. The van der Waals surface area contributed by atoms with Gasteiger partial charge < -0.3 is 34.1 Å². The lowest BCUT2D eigenvalue weighted by Crippen LogP contribution is -2.44. The van der Waals surface area contributed by atoms with Crippen molar-refractivity contribution >= 4 is 28.2 Å². The van der Waals surface area contributed by atoms with Gasteiger partial charge in [-0.1, -0.05) is 24.8 Å². The van der Waals surface area contributed by atoms with E-state index in [0.29, 0.717) is 29.2 Å². The zero-order chi connectivity index (χ0) is 28.2. The Morgan fingerprint density at radius 1 is 1.26 bits per heavy atom. The molecule has 0 aliphatic carbocycles. The molecule has 10 heteroatoms. The first-order valence-corrected chi connectivity index (χ1v) is 12.5. The van der Waals surface area contributed by atoms with Gasteiger partial charge in [-0.05, 0) is 38.4 Å². The predicted molar refractivity (Wildman–Crippen MR) is 155 cm³/mol. The third-order valence-electron chi connectivity index (χ3n) is 6.49. The summed E-state index contributed by atoms with van der Waals surface area (Å²) in [5, 5.41) is 17.4. The molecule has 4 aromatic rings. The first kappa shape index (κ1) is 27.8. The maximum absolute atomic E-state index is 13.6. The largest absolute Gasteiger partial charge is 0.627 e. The summed E-state index contributed by atoms with van der Waals surface area (Å²) in [5.41, 5.74) is 4.15. The Labute approximate surface area is 228 Å². The first-order chi connectivity index (χ1) is 18.6. The number of anilines is 1. The number of rotatable bonds is 11. The highest BCUT2D eigenvalue weighted by Gasteiger charge is 2.24. The third-order valence-corrected chi connectivity index (χ3v) is 6.49. The minimum Gasteiger partial charge on any atom is -0.627 e. The predicted octanol–water partition coefficient (Wildman–Crippen LogP) is 4.34. The number of carbonyl (C=O) groups excluding carboxylic acids is 1. The average Bonchev–Trinajstić information content (AvgIpc) is 3.27. The molecule has 10 nitrogen and oxygen atoms in total. The number of quaternary nitrogens is 1. The van der Waals surface area contributed by atoms with Crippen LogP contribution in [0.15, 0.2) is 67.5 Å². The topological polar surface area (TPSA) is 105 Å². The van der Waals surface area contributed by atoms with E-state index < -0.39 is 10.6 Å². The normalized spacial score (nSPS) is 12.8. The number of aryl methyl sites for hydroxylation is 1. The van der Waals surface area contributed by atoms with Crippen molar-refractivity contribution in [1.29, 1.82) is 0 Å². The summed E-state index contributed by atoms with van der Waals surface area (Å²) >= 11 is 0. The zero-order valence-electron chi connectivity index (χ0n) is 23.0. The number of carbonyl (C=O) groups is 1. The Balaban J connectivity index is 1.64. The van der Waals surface area contributed by atoms with Crippen LogP contribution in [0.4, 0.5) is 11.4 Å². The molecule has 0 spiro atoms. The number of hydrogen-bond donors (Lipinski definition) is 1. The number of ether oxygens (including phenoxy) is 2. The van der Waals surface area contributed by atoms with Crippen molar-refractivity contribution in [3.8, 4) is 23.0 Å². The van der Waals surface area contributed by atoms with Crippen LogP contribution in [0.3, 0.4) is 0 Å². The number of aromatic nitrogens is 3. The van der Waals surface area contributed by atoms with Crippen LogP contribution >= 0.6 is 0 Å². The van der Waals surface area contributed by atoms with Crippen LogP contribution in [0.1, 0.15) is 5.56 Å². The highest BCUT2D eigenvalue weighted by atomic mass is 16.5. The minimum absolute atomic E-state index is 0.0552. The summed E-state index contributed by atoms with van der Waals surface area (Å²) in [7, 11) is 8.87. The molecule has 1 atom stereocenters. The van der Waals surface area contributed by atoms with Crippen molar-refractivity contribution < 1.29 is 14.3 Å². The molecular weight excluding hydrogens is 496 g/mol. The number of hydrogen-bond acceptors (Lipinski definition) is 7. The third kappa shape index (κ3) is 6.26. The average molecular weight is 531 g/mol. The Bertz CT molecular complexity index is 1490. The molecule has 0 saturated heterocycles. The lowest BCUT2D eigenvalue weighted by molar-refractivity contribution is -0.111. The number of para-hydroxylation sites is 1. The van der Waals surface area contributed by atoms with Crippen molar-refractivity contribution in [2.45, 2.75) is 6.61 Å². The van der Waals surface area contributed by atoms with Gasteiger partial charge in [0, 0.05) is 54.1 Å². The van der Waals surface area contributed by atoms with E-state index in [9.17, 15) is 10.0 Å². The van der Waals surface area contributed by atoms with Gasteiger partial charge in [0.1, 0.15) is 18.0 Å². The Hall–Kier alpha value is -4.25. The van der Waals surface area contributed by atoms with E-state index in [4.69, 9.17) is 9.47 Å². The van der Waals surface area contributed by atoms with Gasteiger partial charge in [-0.3, -0.25) is 4.79 Å². The van der Waals surface area contributed by atoms with Gasteiger partial charge >= 0.3 is 6.01 Å². The van der Waals surface area contributed by atoms with E-state index in [2.05, 4.69) is 38.6 Å². The number of methoxy groups -OCH3 is 1. The SMILES string of the molecule is C=CC(=O)Nc1cc(COc2nccc(-c3cn(C)c4ccccc34)n2)c(OC)cc1[N+](C)([O-])CCN(C)C. The first-order valence-electron chi connectivity index (χ1n) is 12.5. The van der Waals surface area contributed by atoms with Crippen LogP contribution in [-0.2, 0) is 18.4 Å². The number of benzene rings is 2. The quantitative estimate of drug-likeness (QED) is 0.175. The van der Waals surface area contributed by atoms with Gasteiger partial charge in [0.05, 0.1) is 26.4 Å². The molecule has 0 saturated carbocycles. The monoisotopic (exact) mass is 530 g/mol. The van der Waals surface area contributed by atoms with Crippen molar-refractivity contribution in [1.82, 2.24) is 24.1 Å². The number of fused-ring (bicyclic) bond motifs is 1. The van der Waals surface area contributed by atoms with Crippen LogP contribution in [0, 0.1) is 5.21 Å². The van der Waals surface area contributed by atoms with E-state index in [1.54, 1.807) is 25.4 Å². The van der Waals surface area contributed by atoms with E-state index >= 15 is 0 Å². The van der Waals surface area contributed by atoms with Gasteiger partial charge in [-0.25, -0.2) is 4.98 Å². The summed E-state index contributed by atoms with van der Waals surface area (Å²) < 4.78 is 12.9. The number of nitrogens with zero attached hydrogens (tertiary/aromatic N) is 5. The van der Waals surface area contributed by atoms with Gasteiger partial charge in [-0.15, -0.1) is 0 Å². The summed E-state index contributed by atoms with van der Waals surface area (Å²) in [6.07, 6.45) is 4.84. The summed E-state index contributed by atoms with van der Waals surface area (Å²) in [5.74, 6) is 0.0314. The highest BCUT2D eigenvalue weighted by molar-refractivity contribution is 6.01. The molecule has 204 valence electrons. The second-order valence-corrected chi connectivity index (χ2v) is 9.69. The second kappa shape index (κ2) is 11.6. The Kier molecular flexibility index (Phi) is 8.29. The fourth-order valence-corrected chi connectivity index (χ4v) is 4.35. The Morgan fingerprint density at radius 3 is 2.74 bits per heavy atom. The van der Waals surface area contributed by atoms with Crippen molar-refractivity contribution in [2.24, 2.45) is 7.05 Å².